The van der Waals surface area contributed by atoms with Gasteiger partial charge in [-0.1, -0.05) is 23.7 Å². The summed E-state index contributed by atoms with van der Waals surface area (Å²) in [6.45, 7) is 0.809. The molecule has 0 fully saturated rings. The number of ether oxygens (including phenoxy) is 1. The number of benzene rings is 2. The summed E-state index contributed by atoms with van der Waals surface area (Å²) in [6.07, 6.45) is -0.00712. The molecule has 0 bridgehead atoms. The van der Waals surface area contributed by atoms with E-state index < -0.39 is 11.2 Å². The van der Waals surface area contributed by atoms with Crippen LogP contribution in [0.1, 0.15) is 16.8 Å². The molecule has 1 heterocycles. The number of anilines is 1. The summed E-state index contributed by atoms with van der Waals surface area (Å²) in [5, 5.41) is 5.92. The van der Waals surface area contributed by atoms with Crippen LogP contribution in [0.5, 0.6) is 0 Å². The molecule has 10 heteroatoms. The molecule has 0 saturated heterocycles. The number of fused-ring (bicyclic) bond motifs is 1. The van der Waals surface area contributed by atoms with E-state index in [9.17, 15) is 19.2 Å². The van der Waals surface area contributed by atoms with E-state index in [0.29, 0.717) is 29.7 Å². The van der Waals surface area contributed by atoms with Gasteiger partial charge in [0.05, 0.1) is 28.1 Å². The van der Waals surface area contributed by atoms with Crippen molar-refractivity contribution in [1.82, 2.24) is 14.9 Å². The second-order valence-corrected chi connectivity index (χ2v) is 7.08. The van der Waals surface area contributed by atoms with E-state index in [-0.39, 0.29) is 35.4 Å². The quantitative estimate of drug-likeness (QED) is 0.457. The van der Waals surface area contributed by atoms with E-state index in [4.69, 9.17) is 16.3 Å². The highest BCUT2D eigenvalue weighted by Gasteiger charge is 2.13. The summed E-state index contributed by atoms with van der Waals surface area (Å²) in [7, 11) is 1.53. The lowest BCUT2D eigenvalue weighted by Crippen LogP contribution is -2.31. The predicted octanol–water partition coefficient (Wildman–Crippen LogP) is 1.75. The van der Waals surface area contributed by atoms with Gasteiger partial charge >= 0.3 is 5.69 Å². The number of para-hydroxylation sites is 1. The second kappa shape index (κ2) is 10.1. The Morgan fingerprint density at radius 3 is 2.68 bits per heavy atom. The van der Waals surface area contributed by atoms with Crippen LogP contribution < -0.4 is 21.9 Å². The SMILES string of the molecule is COCCNC(=O)c1ccc(NC(=O)CCn2c(=O)[nH]c(=O)c3ccccc32)cc1Cl. The van der Waals surface area contributed by atoms with Crippen molar-refractivity contribution < 1.29 is 14.3 Å². The molecular weight excluding hydrogens is 424 g/mol. The Morgan fingerprint density at radius 2 is 1.94 bits per heavy atom. The Labute approximate surface area is 182 Å². The number of hydrogen-bond acceptors (Lipinski definition) is 5. The normalized spacial score (nSPS) is 10.8. The van der Waals surface area contributed by atoms with E-state index in [2.05, 4.69) is 15.6 Å². The van der Waals surface area contributed by atoms with Crippen LogP contribution >= 0.6 is 11.6 Å². The van der Waals surface area contributed by atoms with Gasteiger partial charge < -0.3 is 15.4 Å². The molecule has 9 nitrogen and oxygen atoms in total. The highest BCUT2D eigenvalue weighted by Crippen LogP contribution is 2.21. The van der Waals surface area contributed by atoms with Gasteiger partial charge in [0.25, 0.3) is 11.5 Å². The second-order valence-electron chi connectivity index (χ2n) is 6.67. The smallest absolute Gasteiger partial charge is 0.328 e. The fraction of sp³-hybridized carbons (Fsp3) is 0.238. The molecule has 0 aliphatic carbocycles. The Bertz CT molecular complexity index is 1230. The number of rotatable bonds is 8. The number of hydrogen-bond donors (Lipinski definition) is 3. The van der Waals surface area contributed by atoms with Crippen molar-refractivity contribution in [1.29, 1.82) is 0 Å². The highest BCUT2D eigenvalue weighted by molar-refractivity contribution is 6.34. The number of aryl methyl sites for hydroxylation is 1. The van der Waals surface area contributed by atoms with Crippen LogP contribution in [0.3, 0.4) is 0 Å². The maximum absolute atomic E-state index is 12.4. The number of halogens is 1. The Balaban J connectivity index is 1.66. The summed E-state index contributed by atoms with van der Waals surface area (Å²) >= 11 is 6.17. The van der Waals surface area contributed by atoms with Crippen LogP contribution in [-0.4, -0.2) is 41.6 Å². The van der Waals surface area contributed by atoms with Gasteiger partial charge in [-0.05, 0) is 30.3 Å². The van der Waals surface area contributed by atoms with Gasteiger partial charge in [-0.3, -0.25) is 23.9 Å². The number of aromatic amines is 1. The number of H-pyrrole nitrogens is 1. The minimum absolute atomic E-state index is 0.00712. The van der Waals surface area contributed by atoms with Gasteiger partial charge in [-0.2, -0.15) is 0 Å². The van der Waals surface area contributed by atoms with E-state index in [1.807, 2.05) is 0 Å². The topological polar surface area (TPSA) is 122 Å². The summed E-state index contributed by atoms with van der Waals surface area (Å²) in [6, 6.07) is 11.2. The molecule has 3 N–H and O–H groups in total. The third-order valence-electron chi connectivity index (χ3n) is 4.56. The number of carbonyl (C=O) groups is 2. The zero-order chi connectivity index (χ0) is 22.4. The molecule has 0 spiro atoms. The first-order valence-corrected chi connectivity index (χ1v) is 9.87. The van der Waals surface area contributed by atoms with Crippen molar-refractivity contribution in [3.63, 3.8) is 0 Å². The van der Waals surface area contributed by atoms with Crippen molar-refractivity contribution in [2.24, 2.45) is 0 Å². The Kier molecular flexibility index (Phi) is 7.22. The molecule has 0 atom stereocenters. The number of nitrogens with one attached hydrogen (secondary N) is 3. The van der Waals surface area contributed by atoms with Crippen molar-refractivity contribution in [2.45, 2.75) is 13.0 Å². The Hall–Kier alpha value is -3.43. The summed E-state index contributed by atoms with van der Waals surface area (Å²) < 4.78 is 6.22. The molecule has 1 aromatic heterocycles. The van der Waals surface area contributed by atoms with E-state index in [1.54, 1.807) is 30.3 Å². The van der Waals surface area contributed by atoms with Crippen molar-refractivity contribution in [3.8, 4) is 0 Å². The third-order valence-corrected chi connectivity index (χ3v) is 4.87. The lowest BCUT2D eigenvalue weighted by atomic mass is 10.2. The molecule has 0 aliphatic rings. The fourth-order valence-corrected chi connectivity index (χ4v) is 3.31. The molecule has 162 valence electrons. The van der Waals surface area contributed by atoms with Gasteiger partial charge in [-0.25, -0.2) is 4.79 Å². The number of aromatic nitrogens is 2. The molecule has 2 amide bonds. The fourth-order valence-electron chi connectivity index (χ4n) is 3.04. The lowest BCUT2D eigenvalue weighted by Gasteiger charge is -2.11. The standard InChI is InChI=1S/C21H21ClN4O5/c1-31-11-9-23-19(28)14-7-6-13(12-16(14)22)24-18(27)8-10-26-17-5-3-2-4-15(17)20(29)25-21(26)30/h2-7,12H,8-11H2,1H3,(H,23,28)(H,24,27)(H,25,29,30). The van der Waals surface area contributed by atoms with Gasteiger partial charge in [0, 0.05) is 32.3 Å². The summed E-state index contributed by atoms with van der Waals surface area (Å²) in [4.78, 5) is 50.8. The average Bonchev–Trinajstić information content (AvgIpc) is 2.73. The molecule has 3 rings (SSSR count). The molecule has 2 aromatic carbocycles. The van der Waals surface area contributed by atoms with Crippen LogP contribution in [0.2, 0.25) is 5.02 Å². The molecule has 0 unspecified atom stereocenters. The highest BCUT2D eigenvalue weighted by atomic mass is 35.5. The largest absolute Gasteiger partial charge is 0.383 e. The molecule has 3 aromatic rings. The first-order valence-electron chi connectivity index (χ1n) is 9.49. The Morgan fingerprint density at radius 1 is 1.16 bits per heavy atom. The minimum atomic E-state index is -0.580. The maximum atomic E-state index is 12.4. The monoisotopic (exact) mass is 444 g/mol. The predicted molar refractivity (Wildman–Crippen MR) is 118 cm³/mol. The van der Waals surface area contributed by atoms with Crippen LogP contribution in [0, 0.1) is 0 Å². The van der Waals surface area contributed by atoms with E-state index >= 15 is 0 Å². The van der Waals surface area contributed by atoms with Crippen molar-refractivity contribution >= 4 is 40.0 Å². The lowest BCUT2D eigenvalue weighted by molar-refractivity contribution is -0.116. The molecule has 0 radical (unpaired) electrons. The van der Waals surface area contributed by atoms with Gasteiger partial charge in [0.2, 0.25) is 5.91 Å². The van der Waals surface area contributed by atoms with Crippen LogP contribution in [0.4, 0.5) is 5.69 Å². The number of carbonyl (C=O) groups excluding carboxylic acids is 2. The first kappa shape index (κ1) is 22.3. The number of amides is 2. The maximum Gasteiger partial charge on any atom is 0.328 e. The van der Waals surface area contributed by atoms with E-state index in [1.165, 1.54) is 23.8 Å². The molecule has 0 aliphatic heterocycles. The average molecular weight is 445 g/mol. The zero-order valence-electron chi connectivity index (χ0n) is 16.7. The number of nitrogens with zero attached hydrogens (tertiary/aromatic N) is 1. The first-order chi connectivity index (χ1) is 14.9. The van der Waals surface area contributed by atoms with Crippen LogP contribution in [0.15, 0.2) is 52.1 Å². The third kappa shape index (κ3) is 5.39. The zero-order valence-corrected chi connectivity index (χ0v) is 17.5. The van der Waals surface area contributed by atoms with Gasteiger partial charge in [0.1, 0.15) is 0 Å². The summed E-state index contributed by atoms with van der Waals surface area (Å²) in [5.41, 5.74) is 0.103. The van der Waals surface area contributed by atoms with Crippen molar-refractivity contribution in [2.75, 3.05) is 25.6 Å². The summed E-state index contributed by atoms with van der Waals surface area (Å²) in [5.74, 6) is -0.695. The van der Waals surface area contributed by atoms with Crippen molar-refractivity contribution in [3.05, 3.63) is 73.9 Å². The van der Waals surface area contributed by atoms with Crippen LogP contribution in [-0.2, 0) is 16.1 Å². The van der Waals surface area contributed by atoms with E-state index in [0.717, 1.165) is 0 Å². The van der Waals surface area contributed by atoms with Crippen LogP contribution in [0.25, 0.3) is 10.9 Å². The molecule has 0 saturated carbocycles. The molecular formula is C21H21ClN4O5. The number of methoxy groups -OCH3 is 1. The van der Waals surface area contributed by atoms with Gasteiger partial charge in [0.15, 0.2) is 0 Å². The minimum Gasteiger partial charge on any atom is -0.383 e. The molecule has 31 heavy (non-hydrogen) atoms. The van der Waals surface area contributed by atoms with Gasteiger partial charge in [-0.15, -0.1) is 0 Å².